The third-order valence-electron chi connectivity index (χ3n) is 1.17. The van der Waals surface area contributed by atoms with E-state index >= 15 is 0 Å². The Kier molecular flexibility index (Phi) is 4.08. The summed E-state index contributed by atoms with van der Waals surface area (Å²) in [7, 11) is -22.8. The average molecular weight is 343 g/mol. The molecule has 0 bridgehead atoms. The predicted molar refractivity (Wildman–Crippen MR) is 54.2 cm³/mol. The minimum Gasteiger partial charge on any atom is -0.243 e. The first-order valence-corrected chi connectivity index (χ1v) is 9.52. The molecule has 5 nitrogen and oxygen atoms in total. The zero-order valence-corrected chi connectivity index (χ0v) is 11.3. The van der Waals surface area contributed by atoms with Crippen LogP contribution in [0.5, 0.6) is 0 Å². The van der Waals surface area contributed by atoms with E-state index < -0.39 is 31.1 Å². The van der Waals surface area contributed by atoms with Gasteiger partial charge in [-0.25, -0.2) is 5.09 Å². The van der Waals surface area contributed by atoms with E-state index in [4.69, 9.17) is 0 Å². The molecule has 16 heteroatoms. The molecule has 1 N–H and O–H groups in total. The Bertz CT molecular complexity index is 528. The lowest BCUT2D eigenvalue weighted by Crippen LogP contribution is -1.95. The summed E-state index contributed by atoms with van der Waals surface area (Å²) in [4.78, 5) is 0. The minimum absolute atomic E-state index is 0.718. The Morgan fingerprint density at radius 1 is 0.647 bits per heavy atom. The van der Waals surface area contributed by atoms with Crippen LogP contribution in [-0.4, -0.2) is 7.05 Å². The highest BCUT2D eigenvalue weighted by atomic mass is 31.3. The van der Waals surface area contributed by atoms with Crippen molar-refractivity contribution in [2.45, 2.75) is 0 Å². The van der Waals surface area contributed by atoms with Crippen molar-refractivity contribution in [1.82, 2.24) is 5.09 Å². The molecule has 0 aliphatic carbocycles. The van der Waals surface area contributed by atoms with Gasteiger partial charge in [0.15, 0.2) is 0 Å². The van der Waals surface area contributed by atoms with Crippen molar-refractivity contribution in [2.24, 2.45) is 18.1 Å². The molecule has 0 radical (unpaired) electrons. The second kappa shape index (κ2) is 4.49. The number of hydrogen-bond acceptors (Lipinski definition) is 5. The fourth-order valence-corrected chi connectivity index (χ4v) is 7.63. The molecule has 0 saturated heterocycles. The van der Waals surface area contributed by atoms with Crippen LogP contribution in [0.4, 0.5) is 29.4 Å². The van der Waals surface area contributed by atoms with Crippen molar-refractivity contribution < 1.29 is 29.4 Å². The highest BCUT2D eigenvalue weighted by molar-refractivity contribution is 7.78. The topological polar surface area (TPSA) is 61.5 Å². The standard InChI is InChI=1S/CH4F7N5P4/c1-9-17(8)12-15(4,5)10-14(2,3)11-16(6,7)13-17/h9H,1H3. The molecule has 1 atom stereocenters. The van der Waals surface area contributed by atoms with E-state index in [1.807, 2.05) is 9.03 Å². The van der Waals surface area contributed by atoms with Crippen LogP contribution in [0.1, 0.15) is 0 Å². The summed E-state index contributed by atoms with van der Waals surface area (Å²) in [6, 6.07) is 0. The summed E-state index contributed by atoms with van der Waals surface area (Å²) in [5.74, 6) is 0. The van der Waals surface area contributed by atoms with Gasteiger partial charge in [-0.2, -0.15) is 4.20 Å². The van der Waals surface area contributed by atoms with E-state index in [-0.39, 0.29) is 0 Å². The summed E-state index contributed by atoms with van der Waals surface area (Å²) in [5, 5.41) is 1.44. The van der Waals surface area contributed by atoms with Crippen molar-refractivity contribution >= 4 is 31.1 Å². The first-order chi connectivity index (χ1) is 7.39. The van der Waals surface area contributed by atoms with Crippen LogP contribution in [-0.2, 0) is 0 Å². The van der Waals surface area contributed by atoms with Gasteiger partial charge in [0.2, 0.25) is 0 Å². The van der Waals surface area contributed by atoms with Crippen LogP contribution >= 0.6 is 31.1 Å². The summed E-state index contributed by atoms with van der Waals surface area (Å²) in [6.45, 7) is 0. The lowest BCUT2D eigenvalue weighted by Gasteiger charge is -2.13. The molecule has 0 aromatic rings. The predicted octanol–water partition coefficient (Wildman–Crippen LogP) is 6.79. The first kappa shape index (κ1) is 15.4. The molecule has 0 saturated carbocycles. The van der Waals surface area contributed by atoms with Crippen LogP contribution in [0.3, 0.4) is 0 Å². The zero-order valence-electron chi connectivity index (χ0n) is 7.72. The minimum atomic E-state index is -6.23. The maximum absolute atomic E-state index is 13.4. The molecule has 0 amide bonds. The van der Waals surface area contributed by atoms with Gasteiger partial charge in [-0.05, 0) is 7.05 Å². The van der Waals surface area contributed by atoms with Crippen LogP contribution in [0, 0.1) is 0 Å². The van der Waals surface area contributed by atoms with Gasteiger partial charge in [-0.15, -0.1) is 43.2 Å². The maximum Gasteiger partial charge on any atom is 0.425 e. The fraction of sp³-hybridized carbons (Fsp3) is 1.00. The summed E-state index contributed by atoms with van der Waals surface area (Å²) < 4.78 is 97.0. The Balaban J connectivity index is 3.69. The van der Waals surface area contributed by atoms with E-state index in [1.165, 1.54) is 5.09 Å². The Morgan fingerprint density at radius 2 is 1.00 bits per heavy atom. The maximum atomic E-state index is 13.4. The lowest BCUT2D eigenvalue weighted by molar-refractivity contribution is 0.690. The van der Waals surface area contributed by atoms with E-state index in [2.05, 4.69) is 0 Å². The molecular formula is CH4F7N5P4. The molecule has 1 rings (SSSR count). The molecule has 17 heavy (non-hydrogen) atoms. The summed E-state index contributed by atoms with van der Waals surface area (Å²) in [6.07, 6.45) is 0. The van der Waals surface area contributed by atoms with Gasteiger partial charge in [0.25, 0.3) is 0 Å². The Labute approximate surface area is 91.5 Å². The summed E-state index contributed by atoms with van der Waals surface area (Å²) in [5.41, 5.74) is 0. The van der Waals surface area contributed by atoms with Crippen molar-refractivity contribution in [3.05, 3.63) is 0 Å². The van der Waals surface area contributed by atoms with Gasteiger partial charge in [-0.1, -0.05) is 0 Å². The number of hydrogen-bond donors (Lipinski definition) is 1. The Morgan fingerprint density at radius 3 is 1.41 bits per heavy atom. The highest BCUT2D eigenvalue weighted by Gasteiger charge is 2.38. The van der Waals surface area contributed by atoms with Gasteiger partial charge in [-0.3, -0.25) is 0 Å². The number of halogens is 7. The quantitative estimate of drug-likeness (QED) is 0.413. The molecule has 0 fully saturated rings. The van der Waals surface area contributed by atoms with Gasteiger partial charge in [0, 0.05) is 0 Å². The SMILES string of the molecule is CNP1(F)=NP(F)(F)=NP(F)(F)=NP(F)(F)=N1. The highest BCUT2D eigenvalue weighted by Crippen LogP contribution is 2.81. The zero-order chi connectivity index (χ0) is 13.5. The molecule has 1 aliphatic heterocycles. The van der Waals surface area contributed by atoms with E-state index in [0.29, 0.717) is 0 Å². The first-order valence-electron chi connectivity index (χ1n) is 3.51. The van der Waals surface area contributed by atoms with E-state index in [9.17, 15) is 29.4 Å². The molecule has 1 heterocycles. The Hall–Kier alpha value is 0.390. The third-order valence-corrected chi connectivity index (χ3v) is 8.80. The van der Waals surface area contributed by atoms with E-state index in [1.54, 1.807) is 9.03 Å². The molecular weight excluding hydrogens is 339 g/mol. The molecule has 0 spiro atoms. The van der Waals surface area contributed by atoms with Crippen LogP contribution in [0.25, 0.3) is 0 Å². The van der Waals surface area contributed by atoms with Crippen molar-refractivity contribution in [2.75, 3.05) is 7.05 Å². The van der Waals surface area contributed by atoms with Gasteiger partial charge < -0.3 is 0 Å². The molecule has 102 valence electrons. The molecule has 1 unspecified atom stereocenters. The van der Waals surface area contributed by atoms with E-state index in [0.717, 1.165) is 7.05 Å². The number of nitrogens with one attached hydrogen (secondary N) is 1. The monoisotopic (exact) mass is 343 g/mol. The average Bonchev–Trinajstić information content (AvgIpc) is 1.93. The van der Waals surface area contributed by atoms with Crippen molar-refractivity contribution in [3.8, 4) is 0 Å². The third kappa shape index (κ3) is 4.52. The van der Waals surface area contributed by atoms with Crippen LogP contribution in [0.15, 0.2) is 18.1 Å². The van der Waals surface area contributed by atoms with Crippen LogP contribution < -0.4 is 5.09 Å². The number of rotatable bonds is 1. The molecule has 1 aliphatic rings. The molecule has 0 aromatic heterocycles. The van der Waals surface area contributed by atoms with Crippen LogP contribution in [0.2, 0.25) is 0 Å². The number of nitrogens with zero attached hydrogens (tertiary/aromatic N) is 4. The second-order valence-corrected chi connectivity index (χ2v) is 9.57. The smallest absolute Gasteiger partial charge is 0.243 e. The van der Waals surface area contributed by atoms with Crippen molar-refractivity contribution in [1.29, 1.82) is 0 Å². The van der Waals surface area contributed by atoms with Crippen molar-refractivity contribution in [3.63, 3.8) is 0 Å². The second-order valence-electron chi connectivity index (χ2n) is 2.47. The summed E-state index contributed by atoms with van der Waals surface area (Å²) >= 11 is 0. The van der Waals surface area contributed by atoms with Gasteiger partial charge in [0.1, 0.15) is 0 Å². The normalized spacial score (nSPS) is 34.1. The van der Waals surface area contributed by atoms with Gasteiger partial charge in [0.05, 0.1) is 0 Å². The van der Waals surface area contributed by atoms with Gasteiger partial charge >= 0.3 is 31.1 Å². The lowest BCUT2D eigenvalue weighted by atomic mass is 11.6. The fourth-order valence-electron chi connectivity index (χ4n) is 0.705. The molecule has 0 aromatic carbocycles. The largest absolute Gasteiger partial charge is 0.425 e.